The third kappa shape index (κ3) is 3.34. The number of ether oxygens (including phenoxy) is 1. The fraction of sp³-hybridized carbons (Fsp3) is 0.636. The van der Waals surface area contributed by atoms with Crippen LogP contribution in [0.2, 0.25) is 0 Å². The molecule has 0 atom stereocenters. The number of aromatic nitrogens is 2. The largest absolute Gasteiger partial charge is 0.372 e. The summed E-state index contributed by atoms with van der Waals surface area (Å²) in [4.78, 5) is 11.6. The highest BCUT2D eigenvalue weighted by molar-refractivity contribution is 5.92. The van der Waals surface area contributed by atoms with Crippen LogP contribution < -0.4 is 5.32 Å². The Kier molecular flexibility index (Phi) is 4.49. The van der Waals surface area contributed by atoms with E-state index in [2.05, 4.69) is 10.4 Å². The first-order valence-corrected chi connectivity index (χ1v) is 5.47. The Balaban J connectivity index is 2.69. The first kappa shape index (κ1) is 12.7. The first-order valence-electron chi connectivity index (χ1n) is 5.47. The molecule has 0 saturated heterocycles. The molecule has 0 unspecified atom stereocenters. The van der Waals surface area contributed by atoms with E-state index in [0.29, 0.717) is 18.8 Å². The Morgan fingerprint density at radius 3 is 2.88 bits per heavy atom. The van der Waals surface area contributed by atoms with E-state index in [1.807, 2.05) is 20.8 Å². The number of amides is 1. The van der Waals surface area contributed by atoms with Crippen LogP contribution in [0.25, 0.3) is 0 Å². The molecular formula is C11H19N3O2. The number of rotatable bonds is 5. The molecule has 5 nitrogen and oxygen atoms in total. The van der Waals surface area contributed by atoms with Crippen molar-refractivity contribution in [3.8, 4) is 0 Å². The van der Waals surface area contributed by atoms with Crippen LogP contribution in [-0.4, -0.2) is 28.3 Å². The van der Waals surface area contributed by atoms with E-state index in [9.17, 15) is 4.79 Å². The van der Waals surface area contributed by atoms with Crippen LogP contribution in [0.15, 0.2) is 6.07 Å². The fourth-order valence-electron chi connectivity index (χ4n) is 1.31. The predicted octanol–water partition coefficient (Wildman–Crippen LogP) is 1.09. The number of nitrogens with one attached hydrogen (secondary N) is 1. The average Bonchev–Trinajstić information content (AvgIpc) is 2.57. The molecule has 16 heavy (non-hydrogen) atoms. The summed E-state index contributed by atoms with van der Waals surface area (Å²) >= 11 is 0. The summed E-state index contributed by atoms with van der Waals surface area (Å²) in [5.41, 5.74) is 1.33. The van der Waals surface area contributed by atoms with Gasteiger partial charge in [0.15, 0.2) is 0 Å². The topological polar surface area (TPSA) is 56.1 Å². The number of hydrogen-bond acceptors (Lipinski definition) is 3. The van der Waals surface area contributed by atoms with Crippen LogP contribution in [0, 0.1) is 0 Å². The van der Waals surface area contributed by atoms with Crippen molar-refractivity contribution in [1.82, 2.24) is 15.1 Å². The molecule has 0 spiro atoms. The third-order valence-corrected chi connectivity index (χ3v) is 2.06. The van der Waals surface area contributed by atoms with Crippen molar-refractivity contribution >= 4 is 5.91 Å². The van der Waals surface area contributed by atoms with Gasteiger partial charge in [0.1, 0.15) is 5.69 Å². The maximum absolute atomic E-state index is 11.6. The van der Waals surface area contributed by atoms with Crippen LogP contribution in [0.4, 0.5) is 0 Å². The number of carbonyl (C=O) groups is 1. The second-order valence-electron chi connectivity index (χ2n) is 3.86. The average molecular weight is 225 g/mol. The zero-order chi connectivity index (χ0) is 12.1. The molecule has 0 bridgehead atoms. The molecule has 0 aliphatic carbocycles. The van der Waals surface area contributed by atoms with Crippen LogP contribution in [0.5, 0.6) is 0 Å². The molecule has 1 rings (SSSR count). The van der Waals surface area contributed by atoms with Gasteiger partial charge in [-0.25, -0.2) is 0 Å². The van der Waals surface area contributed by atoms with Crippen molar-refractivity contribution in [2.24, 2.45) is 7.05 Å². The minimum absolute atomic E-state index is 0.103. The summed E-state index contributed by atoms with van der Waals surface area (Å²) in [5, 5.41) is 6.96. The Bertz CT molecular complexity index is 358. The molecule has 1 heterocycles. The second-order valence-corrected chi connectivity index (χ2v) is 3.86. The van der Waals surface area contributed by atoms with E-state index in [-0.39, 0.29) is 12.0 Å². The minimum Gasteiger partial charge on any atom is -0.372 e. The van der Waals surface area contributed by atoms with Gasteiger partial charge in [0.25, 0.3) is 5.91 Å². The summed E-state index contributed by atoms with van der Waals surface area (Å²) in [6.45, 7) is 6.87. The molecule has 90 valence electrons. The highest BCUT2D eigenvalue weighted by atomic mass is 16.5. The van der Waals surface area contributed by atoms with Crippen molar-refractivity contribution in [2.75, 3.05) is 6.54 Å². The van der Waals surface area contributed by atoms with Crippen molar-refractivity contribution in [1.29, 1.82) is 0 Å². The number of nitrogens with zero attached hydrogens (tertiary/aromatic N) is 2. The van der Waals surface area contributed by atoms with Gasteiger partial charge in [-0.05, 0) is 26.8 Å². The maximum atomic E-state index is 11.6. The van der Waals surface area contributed by atoms with Gasteiger partial charge in [-0.2, -0.15) is 5.10 Å². The Hall–Kier alpha value is -1.36. The summed E-state index contributed by atoms with van der Waals surface area (Å²) in [6.07, 6.45) is 0.162. The quantitative estimate of drug-likeness (QED) is 0.816. The molecule has 0 saturated carbocycles. The lowest BCUT2D eigenvalue weighted by Crippen LogP contribution is -2.24. The fourth-order valence-corrected chi connectivity index (χ4v) is 1.31. The highest BCUT2D eigenvalue weighted by Crippen LogP contribution is 2.05. The molecule has 1 aromatic rings. The molecule has 0 aromatic carbocycles. The van der Waals surface area contributed by atoms with Gasteiger partial charge in [0.05, 0.1) is 18.4 Å². The SMILES string of the molecule is CCNC(=O)c1cc(COC(C)C)nn1C. The van der Waals surface area contributed by atoms with Crippen LogP contribution in [-0.2, 0) is 18.4 Å². The van der Waals surface area contributed by atoms with Crippen molar-refractivity contribution in [3.63, 3.8) is 0 Å². The van der Waals surface area contributed by atoms with E-state index < -0.39 is 0 Å². The van der Waals surface area contributed by atoms with E-state index in [1.54, 1.807) is 17.8 Å². The first-order chi connectivity index (χ1) is 7.54. The van der Waals surface area contributed by atoms with Gasteiger partial charge in [0, 0.05) is 13.6 Å². The van der Waals surface area contributed by atoms with Crippen molar-refractivity contribution < 1.29 is 9.53 Å². The van der Waals surface area contributed by atoms with E-state index in [0.717, 1.165) is 5.69 Å². The van der Waals surface area contributed by atoms with Crippen LogP contribution >= 0.6 is 0 Å². The minimum atomic E-state index is -0.103. The summed E-state index contributed by atoms with van der Waals surface area (Å²) in [5.74, 6) is -0.103. The summed E-state index contributed by atoms with van der Waals surface area (Å²) in [7, 11) is 1.75. The zero-order valence-corrected chi connectivity index (χ0v) is 10.3. The summed E-state index contributed by atoms with van der Waals surface area (Å²) in [6, 6.07) is 1.76. The van der Waals surface area contributed by atoms with Crippen LogP contribution in [0.3, 0.4) is 0 Å². The van der Waals surface area contributed by atoms with Gasteiger partial charge in [-0.15, -0.1) is 0 Å². The Morgan fingerprint density at radius 2 is 2.31 bits per heavy atom. The normalized spacial score (nSPS) is 10.8. The Morgan fingerprint density at radius 1 is 1.62 bits per heavy atom. The van der Waals surface area contributed by atoms with Crippen LogP contribution in [0.1, 0.15) is 37.0 Å². The lowest BCUT2D eigenvalue weighted by Gasteiger charge is -2.03. The van der Waals surface area contributed by atoms with E-state index >= 15 is 0 Å². The highest BCUT2D eigenvalue weighted by Gasteiger charge is 2.12. The number of aryl methyl sites for hydroxylation is 1. The van der Waals surface area contributed by atoms with Gasteiger partial charge in [-0.3, -0.25) is 9.48 Å². The van der Waals surface area contributed by atoms with Crippen molar-refractivity contribution in [2.45, 2.75) is 33.5 Å². The van der Waals surface area contributed by atoms with E-state index in [4.69, 9.17) is 4.74 Å². The molecule has 0 fully saturated rings. The molecular weight excluding hydrogens is 206 g/mol. The molecule has 1 N–H and O–H groups in total. The maximum Gasteiger partial charge on any atom is 0.269 e. The predicted molar refractivity (Wildman–Crippen MR) is 61.1 cm³/mol. The van der Waals surface area contributed by atoms with Crippen molar-refractivity contribution in [3.05, 3.63) is 17.5 Å². The second kappa shape index (κ2) is 5.65. The molecule has 0 radical (unpaired) electrons. The molecule has 1 amide bonds. The lowest BCUT2D eigenvalue weighted by molar-refractivity contribution is 0.0633. The Labute approximate surface area is 95.8 Å². The third-order valence-electron chi connectivity index (χ3n) is 2.06. The van der Waals surface area contributed by atoms with Gasteiger partial charge in [0.2, 0.25) is 0 Å². The molecule has 1 aromatic heterocycles. The lowest BCUT2D eigenvalue weighted by atomic mass is 10.3. The van der Waals surface area contributed by atoms with Gasteiger partial charge >= 0.3 is 0 Å². The monoisotopic (exact) mass is 225 g/mol. The van der Waals surface area contributed by atoms with Gasteiger partial charge in [-0.1, -0.05) is 0 Å². The standard InChI is InChI=1S/C11H19N3O2/c1-5-12-11(15)10-6-9(13-14(10)4)7-16-8(2)3/h6,8H,5,7H2,1-4H3,(H,12,15). The van der Waals surface area contributed by atoms with Gasteiger partial charge < -0.3 is 10.1 Å². The number of hydrogen-bond donors (Lipinski definition) is 1. The van der Waals surface area contributed by atoms with E-state index in [1.165, 1.54) is 0 Å². The molecule has 0 aliphatic heterocycles. The molecule has 0 aliphatic rings. The summed E-state index contributed by atoms with van der Waals surface area (Å²) < 4.78 is 7.00. The molecule has 5 heteroatoms. The zero-order valence-electron chi connectivity index (χ0n) is 10.3. The number of carbonyl (C=O) groups excluding carboxylic acids is 1. The smallest absolute Gasteiger partial charge is 0.269 e.